The number of hydrogen-bond acceptors (Lipinski definition) is 4. The minimum atomic E-state index is -3.23. The van der Waals surface area contributed by atoms with Gasteiger partial charge >= 0.3 is 0 Å². The van der Waals surface area contributed by atoms with Gasteiger partial charge in [-0.25, -0.2) is 8.42 Å². The van der Waals surface area contributed by atoms with E-state index in [2.05, 4.69) is 14.5 Å². The summed E-state index contributed by atoms with van der Waals surface area (Å²) in [4.78, 5) is 17.7. The molecule has 0 bridgehead atoms. The monoisotopic (exact) mass is 429 g/mol. The van der Waals surface area contributed by atoms with Crippen molar-refractivity contribution in [3.8, 4) is 0 Å². The lowest BCUT2D eigenvalue weighted by atomic mass is 9.95. The highest BCUT2D eigenvalue weighted by atomic mass is 32.2. The summed E-state index contributed by atoms with van der Waals surface area (Å²) in [7, 11) is -3.23. The molecule has 2 aliphatic heterocycles. The van der Waals surface area contributed by atoms with Crippen LogP contribution in [0.25, 0.3) is 5.57 Å². The Hall–Kier alpha value is -2.12. The summed E-state index contributed by atoms with van der Waals surface area (Å²) in [6.07, 6.45) is 11.1. The number of sulfonamides is 1. The average Bonchev–Trinajstić information content (AvgIpc) is 3.39. The Morgan fingerprint density at radius 3 is 2.40 bits per heavy atom. The fourth-order valence-electron chi connectivity index (χ4n) is 4.75. The zero-order valence-electron chi connectivity index (χ0n) is 17.6. The Morgan fingerprint density at radius 2 is 1.77 bits per heavy atom. The summed E-state index contributed by atoms with van der Waals surface area (Å²) in [6, 6.07) is 8.21. The third-order valence-corrected chi connectivity index (χ3v) is 6.91. The number of rotatable bonds is 6. The molecule has 1 aromatic rings. The summed E-state index contributed by atoms with van der Waals surface area (Å²) in [6.45, 7) is 4.19. The second kappa shape index (κ2) is 8.94. The standard InChI is InChI=1S/C23H31N3O3S/c1-30(28,29)24-21-12-10-19(11-13-21)18-6-8-20(9-7-18)23(27)26-16-4-5-22(26)17-25-14-2-3-15-25/h6-10,12,22,24H,2-5,11,13-17H2,1H3. The highest BCUT2D eigenvalue weighted by molar-refractivity contribution is 7.88. The number of benzene rings is 1. The van der Waals surface area contributed by atoms with Gasteiger partial charge in [-0.1, -0.05) is 18.2 Å². The summed E-state index contributed by atoms with van der Waals surface area (Å²) >= 11 is 0. The number of likely N-dealkylation sites (tertiary alicyclic amines) is 2. The smallest absolute Gasteiger partial charge is 0.254 e. The predicted octanol–water partition coefficient (Wildman–Crippen LogP) is 3.00. The van der Waals surface area contributed by atoms with Crippen LogP contribution in [0.15, 0.2) is 42.1 Å². The van der Waals surface area contributed by atoms with E-state index in [1.165, 1.54) is 19.1 Å². The van der Waals surface area contributed by atoms with Crippen LogP contribution in [-0.4, -0.2) is 62.6 Å². The quantitative estimate of drug-likeness (QED) is 0.755. The highest BCUT2D eigenvalue weighted by Gasteiger charge is 2.31. The van der Waals surface area contributed by atoms with E-state index >= 15 is 0 Å². The molecule has 7 heteroatoms. The van der Waals surface area contributed by atoms with Gasteiger partial charge in [-0.15, -0.1) is 0 Å². The number of nitrogens with one attached hydrogen (secondary N) is 1. The maximum atomic E-state index is 13.1. The Morgan fingerprint density at radius 1 is 1.03 bits per heavy atom. The van der Waals surface area contributed by atoms with Gasteiger partial charge < -0.3 is 9.80 Å². The number of amides is 1. The van der Waals surface area contributed by atoms with Crippen molar-refractivity contribution in [1.82, 2.24) is 14.5 Å². The topological polar surface area (TPSA) is 69.7 Å². The van der Waals surface area contributed by atoms with Crippen molar-refractivity contribution in [3.05, 3.63) is 53.2 Å². The van der Waals surface area contributed by atoms with Gasteiger partial charge in [-0.3, -0.25) is 9.52 Å². The number of carbonyl (C=O) groups excluding carboxylic acids is 1. The molecule has 2 heterocycles. The van der Waals surface area contributed by atoms with Gasteiger partial charge in [0.15, 0.2) is 0 Å². The molecule has 2 saturated heterocycles. The van der Waals surface area contributed by atoms with E-state index in [1.54, 1.807) is 0 Å². The van der Waals surface area contributed by atoms with Gasteiger partial charge in [0.05, 0.1) is 6.26 Å². The summed E-state index contributed by atoms with van der Waals surface area (Å²) < 4.78 is 25.3. The molecule has 1 N–H and O–H groups in total. The lowest BCUT2D eigenvalue weighted by Gasteiger charge is -2.28. The summed E-state index contributed by atoms with van der Waals surface area (Å²) in [5.74, 6) is 0.139. The first-order valence-corrected chi connectivity index (χ1v) is 12.8. The molecule has 0 radical (unpaired) electrons. The molecule has 6 nitrogen and oxygen atoms in total. The molecule has 1 atom stereocenters. The molecule has 4 rings (SSSR count). The van der Waals surface area contributed by atoms with Gasteiger partial charge in [0.2, 0.25) is 10.0 Å². The van der Waals surface area contributed by atoms with E-state index in [0.29, 0.717) is 18.2 Å². The molecule has 0 saturated carbocycles. The lowest BCUT2D eigenvalue weighted by Crippen LogP contribution is -2.42. The normalized spacial score (nSPS) is 22.7. The van der Waals surface area contributed by atoms with Crippen LogP contribution in [0, 0.1) is 0 Å². The van der Waals surface area contributed by atoms with Crippen LogP contribution in [0.1, 0.15) is 54.4 Å². The Bertz CT molecular complexity index is 944. The largest absolute Gasteiger partial charge is 0.334 e. The highest BCUT2D eigenvalue weighted by Crippen LogP contribution is 2.27. The minimum absolute atomic E-state index is 0.139. The van der Waals surface area contributed by atoms with Crippen molar-refractivity contribution in [2.75, 3.05) is 32.4 Å². The van der Waals surface area contributed by atoms with Crippen LogP contribution in [0.3, 0.4) is 0 Å². The van der Waals surface area contributed by atoms with Crippen molar-refractivity contribution in [2.45, 2.75) is 44.6 Å². The van der Waals surface area contributed by atoms with Crippen LogP contribution in [0.4, 0.5) is 0 Å². The molecule has 1 aromatic carbocycles. The third-order valence-electron chi connectivity index (χ3n) is 6.27. The maximum Gasteiger partial charge on any atom is 0.254 e. The molecule has 3 aliphatic rings. The van der Waals surface area contributed by atoms with Crippen LogP contribution in [0.2, 0.25) is 0 Å². The van der Waals surface area contributed by atoms with Crippen molar-refractivity contribution in [3.63, 3.8) is 0 Å². The first kappa shape index (κ1) is 21.1. The molecule has 1 unspecified atom stereocenters. The average molecular weight is 430 g/mol. The van der Waals surface area contributed by atoms with Gasteiger partial charge in [-0.2, -0.15) is 0 Å². The maximum absolute atomic E-state index is 13.1. The molecule has 162 valence electrons. The molecule has 1 amide bonds. The second-order valence-corrected chi connectivity index (χ2v) is 10.4. The first-order valence-electron chi connectivity index (χ1n) is 10.9. The Labute approximate surface area is 179 Å². The number of nitrogens with zero attached hydrogens (tertiary/aromatic N) is 2. The zero-order valence-corrected chi connectivity index (χ0v) is 18.5. The SMILES string of the molecule is CS(=O)(=O)NC1=CC=C(c2ccc(C(=O)N3CCCC3CN3CCCC3)cc2)CC1. The molecular weight excluding hydrogens is 398 g/mol. The number of hydrogen-bond donors (Lipinski definition) is 1. The van der Waals surface area contributed by atoms with E-state index < -0.39 is 10.0 Å². The summed E-state index contributed by atoms with van der Waals surface area (Å²) in [5, 5.41) is 0. The molecule has 0 spiro atoms. The number of allylic oxidation sites excluding steroid dienone is 4. The third kappa shape index (κ3) is 5.13. The van der Waals surface area contributed by atoms with E-state index in [4.69, 9.17) is 0 Å². The minimum Gasteiger partial charge on any atom is -0.334 e. The van der Waals surface area contributed by atoms with Crippen LogP contribution in [0.5, 0.6) is 0 Å². The molecule has 2 fully saturated rings. The van der Waals surface area contributed by atoms with Crippen LogP contribution >= 0.6 is 0 Å². The Balaban J connectivity index is 1.41. The van der Waals surface area contributed by atoms with Gasteiger partial charge in [0, 0.05) is 30.4 Å². The number of carbonyl (C=O) groups is 1. The lowest BCUT2D eigenvalue weighted by molar-refractivity contribution is 0.0709. The van der Waals surface area contributed by atoms with Crippen molar-refractivity contribution >= 4 is 21.5 Å². The van der Waals surface area contributed by atoms with Crippen LogP contribution in [-0.2, 0) is 10.0 Å². The molecular formula is C23H31N3O3S. The van der Waals surface area contributed by atoms with E-state index in [-0.39, 0.29) is 5.91 Å². The molecule has 0 aromatic heterocycles. The van der Waals surface area contributed by atoms with Crippen molar-refractivity contribution in [1.29, 1.82) is 0 Å². The van der Waals surface area contributed by atoms with Gasteiger partial charge in [0.1, 0.15) is 0 Å². The van der Waals surface area contributed by atoms with E-state index in [9.17, 15) is 13.2 Å². The fourth-order valence-corrected chi connectivity index (χ4v) is 5.40. The zero-order chi connectivity index (χ0) is 21.1. The van der Waals surface area contributed by atoms with E-state index in [1.807, 2.05) is 36.4 Å². The molecule has 1 aliphatic carbocycles. The van der Waals surface area contributed by atoms with Crippen LogP contribution < -0.4 is 4.72 Å². The Kier molecular flexibility index (Phi) is 6.29. The predicted molar refractivity (Wildman–Crippen MR) is 119 cm³/mol. The summed E-state index contributed by atoms with van der Waals surface area (Å²) in [5.41, 5.74) is 3.70. The molecule has 30 heavy (non-hydrogen) atoms. The van der Waals surface area contributed by atoms with Gasteiger partial charge in [-0.05, 0) is 81.0 Å². The van der Waals surface area contributed by atoms with Crippen molar-refractivity contribution in [2.24, 2.45) is 0 Å². The van der Waals surface area contributed by atoms with Gasteiger partial charge in [0.25, 0.3) is 5.91 Å². The fraction of sp³-hybridized carbons (Fsp3) is 0.522. The first-order chi connectivity index (χ1) is 14.4. The second-order valence-electron chi connectivity index (χ2n) is 8.64. The van der Waals surface area contributed by atoms with E-state index in [0.717, 1.165) is 62.1 Å². The van der Waals surface area contributed by atoms with Crippen molar-refractivity contribution < 1.29 is 13.2 Å².